The molecule has 3 aliphatic rings. The summed E-state index contributed by atoms with van der Waals surface area (Å²) >= 11 is 15.9. The van der Waals surface area contributed by atoms with E-state index in [2.05, 4.69) is 26.6 Å². The molecule has 0 radical (unpaired) electrons. The fraction of sp³-hybridized carbons (Fsp3) is 0.417. The summed E-state index contributed by atoms with van der Waals surface area (Å²) in [6.45, 7) is 1.52. The van der Waals surface area contributed by atoms with Crippen molar-refractivity contribution in [2.24, 2.45) is 0 Å². The summed E-state index contributed by atoms with van der Waals surface area (Å²) in [5.41, 5.74) is 1.09. The maximum absolute atomic E-state index is 13.6. The Hall–Kier alpha value is -1.60. The number of benzene rings is 2. The van der Waals surface area contributed by atoms with Crippen molar-refractivity contribution in [3.8, 4) is 0 Å². The number of likely N-dealkylation sites (tertiary alicyclic amines) is 1. The average molecular weight is 537 g/mol. The molecule has 5 nitrogen and oxygen atoms in total. The molecule has 2 aliphatic heterocycles. The van der Waals surface area contributed by atoms with E-state index >= 15 is 0 Å². The third-order valence-electron chi connectivity index (χ3n) is 6.93. The molecule has 3 fully saturated rings. The van der Waals surface area contributed by atoms with Gasteiger partial charge >= 0.3 is 0 Å². The quantitative estimate of drug-likeness (QED) is 0.584. The van der Waals surface area contributed by atoms with E-state index in [1.54, 1.807) is 12.1 Å². The van der Waals surface area contributed by atoms with Gasteiger partial charge in [0.1, 0.15) is 6.04 Å². The molecule has 2 amide bonds. The van der Waals surface area contributed by atoms with Crippen LogP contribution in [0.1, 0.15) is 30.4 Å². The third kappa shape index (κ3) is 4.18. The van der Waals surface area contributed by atoms with Crippen molar-refractivity contribution >= 4 is 50.9 Å². The number of hydrogen-bond acceptors (Lipinski definition) is 3. The van der Waals surface area contributed by atoms with Crippen molar-refractivity contribution in [3.63, 3.8) is 0 Å². The zero-order valence-corrected chi connectivity index (χ0v) is 20.5. The number of amides is 2. The minimum Gasteiger partial charge on any atom is -0.343 e. The Morgan fingerprint density at radius 3 is 2.53 bits per heavy atom. The van der Waals surface area contributed by atoms with Crippen molar-refractivity contribution in [1.29, 1.82) is 0 Å². The van der Waals surface area contributed by atoms with Crippen LogP contribution in [0.3, 0.4) is 0 Å². The Kier molecular flexibility index (Phi) is 5.99. The second kappa shape index (κ2) is 8.64. The molecule has 1 aliphatic carbocycles. The van der Waals surface area contributed by atoms with Crippen LogP contribution < -0.4 is 10.6 Å². The monoisotopic (exact) mass is 535 g/mol. The molecule has 2 heterocycles. The maximum atomic E-state index is 13.6. The van der Waals surface area contributed by atoms with Gasteiger partial charge in [0, 0.05) is 46.1 Å². The first kappa shape index (κ1) is 22.2. The first-order valence-corrected chi connectivity index (χ1v) is 12.5. The molecule has 0 aromatic heterocycles. The van der Waals surface area contributed by atoms with Gasteiger partial charge in [-0.3, -0.25) is 9.59 Å². The van der Waals surface area contributed by atoms with Gasteiger partial charge in [0.2, 0.25) is 11.8 Å². The number of nitrogens with one attached hydrogen (secondary N) is 2. The van der Waals surface area contributed by atoms with Gasteiger partial charge in [-0.05, 0) is 54.7 Å². The second-order valence-electron chi connectivity index (χ2n) is 9.05. The summed E-state index contributed by atoms with van der Waals surface area (Å²) in [6.07, 6.45) is 2.84. The van der Waals surface area contributed by atoms with Crippen LogP contribution in [0, 0.1) is 0 Å². The molecule has 32 heavy (non-hydrogen) atoms. The number of nitrogens with zero attached hydrogens (tertiary/aromatic N) is 1. The topological polar surface area (TPSA) is 61.4 Å². The van der Waals surface area contributed by atoms with Crippen LogP contribution in [0.4, 0.5) is 0 Å². The highest BCUT2D eigenvalue weighted by Gasteiger charge is 2.53. The lowest BCUT2D eigenvalue weighted by atomic mass is 9.93. The molecule has 5 rings (SSSR count). The molecule has 2 N–H and O–H groups in total. The normalized spacial score (nSPS) is 23.8. The van der Waals surface area contributed by atoms with Gasteiger partial charge in [-0.15, -0.1) is 0 Å². The Bertz CT molecular complexity index is 1060. The van der Waals surface area contributed by atoms with E-state index in [1.165, 1.54) is 0 Å². The van der Waals surface area contributed by atoms with Crippen LogP contribution >= 0.6 is 39.1 Å². The Morgan fingerprint density at radius 2 is 1.94 bits per heavy atom. The molecule has 2 bridgehead atoms. The predicted molar refractivity (Wildman–Crippen MR) is 129 cm³/mol. The van der Waals surface area contributed by atoms with Crippen molar-refractivity contribution in [3.05, 3.63) is 68.1 Å². The van der Waals surface area contributed by atoms with Crippen LogP contribution in [-0.2, 0) is 21.4 Å². The smallest absolute Gasteiger partial charge is 0.245 e. The van der Waals surface area contributed by atoms with E-state index in [9.17, 15) is 9.59 Å². The van der Waals surface area contributed by atoms with Crippen LogP contribution in [-0.4, -0.2) is 47.9 Å². The zero-order valence-electron chi connectivity index (χ0n) is 17.4. The molecule has 168 valence electrons. The van der Waals surface area contributed by atoms with E-state index < -0.39 is 11.5 Å². The molecule has 8 heteroatoms. The number of hydrogen-bond donors (Lipinski definition) is 2. The number of carbonyl (C=O) groups excluding carboxylic acids is 2. The first-order valence-electron chi connectivity index (χ1n) is 10.9. The highest BCUT2D eigenvalue weighted by Crippen LogP contribution is 2.51. The van der Waals surface area contributed by atoms with E-state index in [0.29, 0.717) is 41.9 Å². The summed E-state index contributed by atoms with van der Waals surface area (Å²) in [7, 11) is 0. The molecule has 2 aromatic rings. The van der Waals surface area contributed by atoms with Crippen LogP contribution in [0.25, 0.3) is 0 Å². The maximum Gasteiger partial charge on any atom is 0.245 e. The Labute approximate surface area is 206 Å². The SMILES string of the molecule is O=C([C@H](Cc1ccc(Br)cc1)NC(=O)C1(c2ccc(Cl)cc2Cl)CC1)N1CC2CC1CN2. The molecule has 2 unspecified atom stereocenters. The fourth-order valence-corrected chi connectivity index (χ4v) is 5.86. The number of halogens is 3. The summed E-state index contributed by atoms with van der Waals surface area (Å²) in [6, 6.07) is 13.1. The standard InChI is InChI=1S/C24H24BrCl2N3O2/c25-15-3-1-14(2-4-15)9-21(22(31)30-13-17-11-18(30)12-28-17)29-23(32)24(7-8-24)19-6-5-16(26)10-20(19)27/h1-6,10,17-18,21,28H,7-9,11-13H2,(H,29,32)/t17?,18?,21-/m0/s1. The van der Waals surface area contributed by atoms with Crippen LogP contribution in [0.15, 0.2) is 46.9 Å². The molecule has 2 saturated heterocycles. The molecular weight excluding hydrogens is 513 g/mol. The summed E-state index contributed by atoms with van der Waals surface area (Å²) in [4.78, 5) is 29.0. The summed E-state index contributed by atoms with van der Waals surface area (Å²) in [5.74, 6) is -0.145. The minimum absolute atomic E-state index is 0.00623. The van der Waals surface area contributed by atoms with Gasteiger partial charge in [-0.25, -0.2) is 0 Å². The van der Waals surface area contributed by atoms with E-state index in [0.717, 1.165) is 28.6 Å². The van der Waals surface area contributed by atoms with Crippen LogP contribution in [0.2, 0.25) is 10.0 Å². The lowest BCUT2D eigenvalue weighted by Crippen LogP contribution is -2.56. The Morgan fingerprint density at radius 1 is 1.19 bits per heavy atom. The average Bonchev–Trinajstić information content (AvgIpc) is 3.29. The molecular formula is C24H24BrCl2N3O2. The molecule has 3 atom stereocenters. The van der Waals surface area contributed by atoms with Crippen molar-refractivity contribution in [2.75, 3.05) is 13.1 Å². The van der Waals surface area contributed by atoms with Crippen molar-refractivity contribution < 1.29 is 9.59 Å². The summed E-state index contributed by atoms with van der Waals surface area (Å²) < 4.78 is 0.977. The van der Waals surface area contributed by atoms with Gasteiger partial charge in [0.15, 0.2) is 0 Å². The van der Waals surface area contributed by atoms with E-state index in [4.69, 9.17) is 23.2 Å². The van der Waals surface area contributed by atoms with Crippen molar-refractivity contribution in [2.45, 2.75) is 49.2 Å². The van der Waals surface area contributed by atoms with Crippen LogP contribution in [0.5, 0.6) is 0 Å². The summed E-state index contributed by atoms with van der Waals surface area (Å²) in [5, 5.41) is 7.56. The number of fused-ring (bicyclic) bond motifs is 2. The number of carbonyl (C=O) groups is 2. The number of rotatable bonds is 6. The third-order valence-corrected chi connectivity index (χ3v) is 8.00. The van der Waals surface area contributed by atoms with Gasteiger partial charge in [0.25, 0.3) is 0 Å². The van der Waals surface area contributed by atoms with E-state index in [1.807, 2.05) is 35.2 Å². The minimum atomic E-state index is -0.689. The van der Waals surface area contributed by atoms with Gasteiger partial charge in [-0.2, -0.15) is 0 Å². The van der Waals surface area contributed by atoms with Gasteiger partial charge in [-0.1, -0.05) is 57.3 Å². The largest absolute Gasteiger partial charge is 0.343 e. The fourth-order valence-electron chi connectivity index (χ4n) is 5.00. The lowest BCUT2D eigenvalue weighted by molar-refractivity contribution is -0.138. The predicted octanol–water partition coefficient (Wildman–Crippen LogP) is 4.09. The highest BCUT2D eigenvalue weighted by molar-refractivity contribution is 9.10. The molecule has 2 aromatic carbocycles. The first-order chi connectivity index (χ1) is 15.4. The zero-order chi connectivity index (χ0) is 22.5. The van der Waals surface area contributed by atoms with E-state index in [-0.39, 0.29) is 17.9 Å². The lowest BCUT2D eigenvalue weighted by Gasteiger charge is -2.32. The Balaban J connectivity index is 1.39. The van der Waals surface area contributed by atoms with Gasteiger partial charge < -0.3 is 15.5 Å². The van der Waals surface area contributed by atoms with Gasteiger partial charge in [0.05, 0.1) is 5.41 Å². The number of piperazine rings is 1. The molecule has 1 saturated carbocycles. The molecule has 0 spiro atoms. The highest BCUT2D eigenvalue weighted by atomic mass is 79.9. The van der Waals surface area contributed by atoms with Crippen molar-refractivity contribution in [1.82, 2.24) is 15.5 Å². The second-order valence-corrected chi connectivity index (χ2v) is 10.8.